The third kappa shape index (κ3) is 4.34. The van der Waals surface area contributed by atoms with Gasteiger partial charge in [0, 0.05) is 61.5 Å². The number of fused-ring (bicyclic) bond motifs is 10. The molecule has 0 spiro atoms. The molecule has 0 fully saturated rings. The van der Waals surface area contributed by atoms with E-state index in [0.29, 0.717) is 0 Å². The molecule has 0 N–H and O–H groups in total. The Morgan fingerprint density at radius 3 is 1.21 bits per heavy atom. The maximum atomic E-state index is 2.52. The maximum absolute atomic E-state index is 2.52. The Morgan fingerprint density at radius 2 is 0.786 bits per heavy atom. The van der Waals surface area contributed by atoms with Crippen molar-refractivity contribution in [1.29, 1.82) is 0 Å². The van der Waals surface area contributed by atoms with Crippen LogP contribution in [0.2, 0.25) is 0 Å². The van der Waals surface area contributed by atoms with Crippen LogP contribution in [0.1, 0.15) is 36.0 Å². The molecule has 0 saturated carbocycles. The molecule has 2 aliphatic carbocycles. The highest BCUT2D eigenvalue weighted by Gasteiger charge is 2.29. The summed E-state index contributed by atoms with van der Waals surface area (Å²) in [5.41, 5.74) is 16.2. The second-order valence-corrected chi connectivity index (χ2v) is 15.3. The molecule has 3 heteroatoms. The number of nitrogens with zero attached hydrogens (tertiary/aromatic N) is 3. The number of aromatic nitrogens is 3. The van der Waals surface area contributed by atoms with Crippen molar-refractivity contribution in [2.75, 3.05) is 0 Å². The van der Waals surface area contributed by atoms with Crippen molar-refractivity contribution in [2.24, 2.45) is 0 Å². The second-order valence-electron chi connectivity index (χ2n) is 15.3. The molecule has 0 aliphatic heterocycles. The van der Waals surface area contributed by atoms with Gasteiger partial charge in [-0.15, -0.1) is 0 Å². The number of hydrogen-bond donors (Lipinski definition) is 0. The van der Waals surface area contributed by atoms with E-state index in [2.05, 4.69) is 209 Å². The van der Waals surface area contributed by atoms with Crippen LogP contribution in [-0.4, -0.2) is 13.7 Å². The topological polar surface area (TPSA) is 14.8 Å². The Bertz CT molecular complexity index is 3250. The van der Waals surface area contributed by atoms with E-state index < -0.39 is 0 Å². The zero-order valence-electron chi connectivity index (χ0n) is 31.0. The fourth-order valence-electron chi connectivity index (χ4n) is 9.90. The molecule has 0 amide bonds. The SMILES string of the molecule is CC1/C2=C\C=C(\n3c4ccccc4c4ccccc43)C/C=C\c3c(-n4c5ccccc5c5ccccc54)cc(-n4c5ccccc5c5ccccc54)c(c31)C=C2. The summed E-state index contributed by atoms with van der Waals surface area (Å²) in [6, 6.07) is 55.6. The molecule has 12 rings (SSSR count). The van der Waals surface area contributed by atoms with E-state index in [4.69, 9.17) is 0 Å². The normalized spacial score (nSPS) is 17.8. The molecule has 2 bridgehead atoms. The third-order valence-electron chi connectivity index (χ3n) is 12.4. The van der Waals surface area contributed by atoms with Crippen LogP contribution >= 0.6 is 0 Å². The summed E-state index contributed by atoms with van der Waals surface area (Å²) in [5, 5.41) is 7.63. The quantitative estimate of drug-likeness (QED) is 0.173. The van der Waals surface area contributed by atoms with E-state index >= 15 is 0 Å². The number of benzene rings is 7. The van der Waals surface area contributed by atoms with Gasteiger partial charge >= 0.3 is 0 Å². The first kappa shape index (κ1) is 31.3. The van der Waals surface area contributed by atoms with Crippen LogP contribution in [0.15, 0.2) is 182 Å². The van der Waals surface area contributed by atoms with Gasteiger partial charge in [-0.25, -0.2) is 0 Å². The van der Waals surface area contributed by atoms with Crippen LogP contribution < -0.4 is 0 Å². The summed E-state index contributed by atoms with van der Waals surface area (Å²) in [6.45, 7) is 2.40. The van der Waals surface area contributed by atoms with Crippen LogP contribution in [-0.2, 0) is 0 Å². The summed E-state index contributed by atoms with van der Waals surface area (Å²) in [6.07, 6.45) is 15.1. The van der Waals surface area contributed by atoms with Crippen LogP contribution in [0.3, 0.4) is 0 Å². The lowest BCUT2D eigenvalue weighted by Crippen LogP contribution is -2.13. The molecular weight excluding hydrogens is 679 g/mol. The number of para-hydroxylation sites is 6. The van der Waals surface area contributed by atoms with E-state index in [9.17, 15) is 0 Å². The minimum Gasteiger partial charge on any atom is -0.313 e. The Balaban J connectivity index is 1.19. The van der Waals surface area contributed by atoms with E-state index in [0.717, 1.165) is 6.42 Å². The van der Waals surface area contributed by atoms with Gasteiger partial charge in [0.05, 0.1) is 44.5 Å². The Labute approximate surface area is 324 Å². The fraction of sp³-hybridized carbons (Fsp3) is 0.0566. The Kier molecular flexibility index (Phi) is 6.67. The minimum atomic E-state index is 0.142. The number of rotatable bonds is 3. The van der Waals surface area contributed by atoms with Gasteiger partial charge in [0.15, 0.2) is 0 Å². The molecule has 3 aromatic heterocycles. The van der Waals surface area contributed by atoms with Crippen molar-refractivity contribution in [3.63, 3.8) is 0 Å². The largest absolute Gasteiger partial charge is 0.313 e. The molecule has 0 saturated heterocycles. The zero-order valence-corrected chi connectivity index (χ0v) is 31.0. The van der Waals surface area contributed by atoms with Gasteiger partial charge in [-0.2, -0.15) is 0 Å². The van der Waals surface area contributed by atoms with Crippen molar-refractivity contribution < 1.29 is 0 Å². The Morgan fingerprint density at radius 1 is 0.411 bits per heavy atom. The summed E-state index contributed by atoms with van der Waals surface area (Å²) >= 11 is 0. The lowest BCUT2D eigenvalue weighted by molar-refractivity contribution is 0.897. The molecule has 3 heterocycles. The van der Waals surface area contributed by atoms with Crippen molar-refractivity contribution in [3.8, 4) is 11.4 Å². The first-order chi connectivity index (χ1) is 27.7. The molecule has 56 heavy (non-hydrogen) atoms. The van der Waals surface area contributed by atoms with Crippen molar-refractivity contribution in [2.45, 2.75) is 19.3 Å². The molecule has 264 valence electrons. The Hall–Kier alpha value is -7.10. The van der Waals surface area contributed by atoms with E-state index in [1.807, 2.05) is 0 Å². The van der Waals surface area contributed by atoms with Crippen LogP contribution in [0.25, 0.3) is 94.6 Å². The first-order valence-electron chi connectivity index (χ1n) is 19.7. The van der Waals surface area contributed by atoms with Gasteiger partial charge in [0.2, 0.25) is 0 Å². The number of hydrogen-bond acceptors (Lipinski definition) is 0. The predicted molar refractivity (Wildman–Crippen MR) is 238 cm³/mol. The van der Waals surface area contributed by atoms with Crippen molar-refractivity contribution >= 4 is 83.3 Å². The van der Waals surface area contributed by atoms with Gasteiger partial charge < -0.3 is 13.7 Å². The highest BCUT2D eigenvalue weighted by atomic mass is 15.0. The van der Waals surface area contributed by atoms with Crippen molar-refractivity contribution in [3.05, 3.63) is 198 Å². The third-order valence-corrected chi connectivity index (χ3v) is 12.4. The lowest BCUT2D eigenvalue weighted by atomic mass is 9.79. The van der Waals surface area contributed by atoms with Gasteiger partial charge in [-0.1, -0.05) is 146 Å². The first-order valence-corrected chi connectivity index (χ1v) is 19.7. The molecule has 10 aromatic rings. The molecule has 1 atom stereocenters. The highest BCUT2D eigenvalue weighted by molar-refractivity contribution is 6.12. The van der Waals surface area contributed by atoms with Gasteiger partial charge in [0.1, 0.15) is 0 Å². The summed E-state index contributed by atoms with van der Waals surface area (Å²) in [4.78, 5) is 0. The smallest absolute Gasteiger partial charge is 0.0558 e. The monoisotopic (exact) mass is 715 g/mol. The summed E-state index contributed by atoms with van der Waals surface area (Å²) in [7, 11) is 0. The zero-order chi connectivity index (χ0) is 36.9. The maximum Gasteiger partial charge on any atom is 0.0558 e. The van der Waals surface area contributed by atoms with Gasteiger partial charge in [-0.05, 0) is 59.7 Å². The second kappa shape index (κ2) is 11.9. The van der Waals surface area contributed by atoms with E-state index in [-0.39, 0.29) is 5.92 Å². The van der Waals surface area contributed by atoms with Gasteiger partial charge in [0.25, 0.3) is 0 Å². The van der Waals surface area contributed by atoms with E-state index in [1.54, 1.807) is 0 Å². The summed E-state index contributed by atoms with van der Waals surface area (Å²) in [5.74, 6) is 0.142. The lowest BCUT2D eigenvalue weighted by Gasteiger charge is -2.29. The minimum absolute atomic E-state index is 0.142. The van der Waals surface area contributed by atoms with Crippen LogP contribution in [0, 0.1) is 0 Å². The molecular formula is C53H37N3. The predicted octanol–water partition coefficient (Wildman–Crippen LogP) is 14.0. The molecule has 7 aromatic carbocycles. The number of allylic oxidation sites excluding steroid dienone is 6. The van der Waals surface area contributed by atoms with E-state index in [1.165, 1.54) is 105 Å². The standard InChI is InChI=1S/C53H37N3/c1-34-35-29-31-36(54-45-23-8-2-16-37(45)38-17-3-9-24-46(38)54)15-14-22-43-51(55-47-25-10-4-18-39(47)40-19-5-11-26-48(40)55)33-52(44(32-30-35)53(34)43)56-49-27-12-6-20-41(49)42-21-7-13-28-50(42)56/h2-14,16-34H,15H2,1H3/b22-14-,35-29-,36-31+. The summed E-state index contributed by atoms with van der Waals surface area (Å²) < 4.78 is 7.49. The molecule has 2 aliphatic rings. The van der Waals surface area contributed by atoms with Crippen molar-refractivity contribution in [1.82, 2.24) is 13.7 Å². The molecule has 1 unspecified atom stereocenters. The average molecular weight is 716 g/mol. The fourth-order valence-corrected chi connectivity index (χ4v) is 9.90. The van der Waals surface area contributed by atoms with Crippen LogP contribution in [0.4, 0.5) is 0 Å². The molecule has 0 radical (unpaired) electrons. The van der Waals surface area contributed by atoms with Gasteiger partial charge in [-0.3, -0.25) is 0 Å². The molecule has 3 nitrogen and oxygen atoms in total. The highest BCUT2D eigenvalue weighted by Crippen LogP contribution is 2.46. The van der Waals surface area contributed by atoms with Crippen LogP contribution in [0.5, 0.6) is 0 Å². The average Bonchev–Trinajstić information content (AvgIpc) is 3.88.